The monoisotopic (exact) mass is 305 g/mol. The van der Waals surface area contributed by atoms with Crippen LogP contribution in [0.3, 0.4) is 0 Å². The zero-order chi connectivity index (χ0) is 15.8. The Hall–Kier alpha value is -1.39. The van der Waals surface area contributed by atoms with E-state index in [2.05, 4.69) is 36.5 Å². The van der Waals surface area contributed by atoms with Gasteiger partial charge >= 0.3 is 0 Å². The van der Waals surface area contributed by atoms with Crippen molar-refractivity contribution < 1.29 is 14.3 Å². The summed E-state index contributed by atoms with van der Waals surface area (Å²) in [6.45, 7) is 6.14. The third kappa shape index (κ3) is 5.43. The van der Waals surface area contributed by atoms with Crippen LogP contribution in [0.15, 0.2) is 24.3 Å². The van der Waals surface area contributed by atoms with E-state index in [0.29, 0.717) is 19.4 Å². The second kappa shape index (κ2) is 8.30. The summed E-state index contributed by atoms with van der Waals surface area (Å²) in [5, 5.41) is 2.95. The lowest BCUT2D eigenvalue weighted by Crippen LogP contribution is -2.41. The Kier molecular flexibility index (Phi) is 6.40. The van der Waals surface area contributed by atoms with Gasteiger partial charge in [-0.15, -0.1) is 0 Å². The van der Waals surface area contributed by atoms with Gasteiger partial charge in [-0.1, -0.05) is 31.2 Å². The quantitative estimate of drug-likeness (QED) is 0.842. The average Bonchev–Trinajstić information content (AvgIpc) is 2.54. The molecule has 1 heterocycles. The average molecular weight is 305 g/mol. The zero-order valence-corrected chi connectivity index (χ0v) is 13.7. The summed E-state index contributed by atoms with van der Waals surface area (Å²) >= 11 is 0. The number of carbonyl (C=O) groups excluding carboxylic acids is 1. The van der Waals surface area contributed by atoms with E-state index in [1.807, 2.05) is 6.92 Å². The van der Waals surface area contributed by atoms with Crippen LogP contribution < -0.4 is 5.32 Å². The third-order valence-electron chi connectivity index (χ3n) is 4.08. The molecule has 0 aliphatic carbocycles. The first-order valence-corrected chi connectivity index (χ1v) is 8.24. The Bertz CT molecular complexity index is 464. The number of nitrogens with one attached hydrogen (secondary N) is 1. The summed E-state index contributed by atoms with van der Waals surface area (Å²) in [5.74, 6) is -0.458. The number of aryl methyl sites for hydroxylation is 2. The molecule has 0 atom stereocenters. The van der Waals surface area contributed by atoms with Crippen LogP contribution in [-0.4, -0.2) is 31.5 Å². The largest absolute Gasteiger partial charge is 0.356 e. The molecule has 0 unspecified atom stereocenters. The van der Waals surface area contributed by atoms with Gasteiger partial charge in [-0.2, -0.15) is 0 Å². The van der Waals surface area contributed by atoms with E-state index in [0.717, 1.165) is 32.5 Å². The minimum absolute atomic E-state index is 0.0824. The van der Waals surface area contributed by atoms with E-state index < -0.39 is 5.79 Å². The molecule has 1 aromatic rings. The molecule has 2 rings (SSSR count). The highest BCUT2D eigenvalue weighted by molar-refractivity contribution is 5.76. The second-order valence-electron chi connectivity index (χ2n) is 5.95. The molecule has 1 amide bonds. The van der Waals surface area contributed by atoms with Crippen molar-refractivity contribution in [2.45, 2.75) is 51.7 Å². The fraction of sp³-hybridized carbons (Fsp3) is 0.611. The molecule has 122 valence electrons. The van der Waals surface area contributed by atoms with Gasteiger partial charge in [0, 0.05) is 19.4 Å². The van der Waals surface area contributed by atoms with Crippen LogP contribution in [0.5, 0.6) is 0 Å². The molecule has 4 heteroatoms. The summed E-state index contributed by atoms with van der Waals surface area (Å²) in [6.07, 6.45) is 3.97. The topological polar surface area (TPSA) is 47.6 Å². The van der Waals surface area contributed by atoms with Crippen LogP contribution in [0.4, 0.5) is 0 Å². The maximum absolute atomic E-state index is 11.9. The summed E-state index contributed by atoms with van der Waals surface area (Å²) in [4.78, 5) is 11.9. The van der Waals surface area contributed by atoms with Crippen molar-refractivity contribution in [3.05, 3.63) is 35.4 Å². The van der Waals surface area contributed by atoms with Crippen molar-refractivity contribution in [1.29, 1.82) is 0 Å². The van der Waals surface area contributed by atoms with Gasteiger partial charge in [0.15, 0.2) is 5.79 Å². The fourth-order valence-electron chi connectivity index (χ4n) is 2.54. The lowest BCUT2D eigenvalue weighted by Gasteiger charge is -2.33. The van der Waals surface area contributed by atoms with Crippen molar-refractivity contribution in [3.63, 3.8) is 0 Å². The standard InChI is InChI=1S/C18H27NO3/c1-3-15-5-7-16(8-6-15)9-10-17(20)19-12-11-18(2)21-13-4-14-22-18/h5-8H,3-4,9-14H2,1-2H3,(H,19,20). The maximum atomic E-state index is 11.9. The van der Waals surface area contributed by atoms with E-state index in [-0.39, 0.29) is 5.91 Å². The van der Waals surface area contributed by atoms with Gasteiger partial charge in [0.25, 0.3) is 0 Å². The molecule has 0 bridgehead atoms. The second-order valence-corrected chi connectivity index (χ2v) is 5.95. The van der Waals surface area contributed by atoms with Gasteiger partial charge in [0.2, 0.25) is 5.91 Å². The normalized spacial score (nSPS) is 17.2. The Morgan fingerprint density at radius 3 is 2.45 bits per heavy atom. The lowest BCUT2D eigenvalue weighted by molar-refractivity contribution is -0.257. The molecule has 1 aromatic carbocycles. The summed E-state index contributed by atoms with van der Waals surface area (Å²) in [5.41, 5.74) is 2.53. The van der Waals surface area contributed by atoms with Crippen molar-refractivity contribution in [3.8, 4) is 0 Å². The summed E-state index contributed by atoms with van der Waals surface area (Å²) in [6, 6.07) is 8.48. The van der Waals surface area contributed by atoms with E-state index in [9.17, 15) is 4.79 Å². The minimum Gasteiger partial charge on any atom is -0.356 e. The molecule has 0 spiro atoms. The zero-order valence-electron chi connectivity index (χ0n) is 13.7. The molecule has 0 radical (unpaired) electrons. The Morgan fingerprint density at radius 1 is 1.18 bits per heavy atom. The van der Waals surface area contributed by atoms with Gasteiger partial charge in [-0.25, -0.2) is 0 Å². The van der Waals surface area contributed by atoms with Crippen molar-refractivity contribution in [2.75, 3.05) is 19.8 Å². The lowest BCUT2D eigenvalue weighted by atomic mass is 10.1. The number of rotatable bonds is 7. The first-order chi connectivity index (χ1) is 10.6. The minimum atomic E-state index is -0.540. The molecule has 1 saturated heterocycles. The number of ether oxygens (including phenoxy) is 2. The molecule has 1 aliphatic heterocycles. The molecule has 0 aromatic heterocycles. The van der Waals surface area contributed by atoms with Crippen LogP contribution in [0.2, 0.25) is 0 Å². The molecule has 4 nitrogen and oxygen atoms in total. The Balaban J connectivity index is 1.65. The molecule has 0 saturated carbocycles. The predicted octanol–water partition coefficient (Wildman–Crippen LogP) is 2.84. The molecular weight excluding hydrogens is 278 g/mol. The SMILES string of the molecule is CCc1ccc(CCC(=O)NCCC2(C)OCCCO2)cc1. The van der Waals surface area contributed by atoms with E-state index in [1.165, 1.54) is 11.1 Å². The molecular formula is C18H27NO3. The van der Waals surface area contributed by atoms with Gasteiger partial charge in [0.1, 0.15) is 0 Å². The number of hydrogen-bond donors (Lipinski definition) is 1. The molecule has 1 fully saturated rings. The van der Waals surface area contributed by atoms with Crippen molar-refractivity contribution >= 4 is 5.91 Å². The first kappa shape index (κ1) is 17.0. The molecule has 22 heavy (non-hydrogen) atoms. The number of carbonyl (C=O) groups is 1. The smallest absolute Gasteiger partial charge is 0.220 e. The first-order valence-electron chi connectivity index (χ1n) is 8.24. The van der Waals surface area contributed by atoms with Gasteiger partial charge < -0.3 is 14.8 Å². The van der Waals surface area contributed by atoms with Gasteiger partial charge in [0.05, 0.1) is 13.2 Å². The highest BCUT2D eigenvalue weighted by Crippen LogP contribution is 2.21. The van der Waals surface area contributed by atoms with Crippen LogP contribution in [0.1, 0.15) is 44.2 Å². The Labute approximate surface area is 133 Å². The summed E-state index contributed by atoms with van der Waals surface area (Å²) in [7, 11) is 0. The van der Waals surface area contributed by atoms with E-state index >= 15 is 0 Å². The van der Waals surface area contributed by atoms with E-state index in [1.54, 1.807) is 0 Å². The number of amides is 1. The van der Waals surface area contributed by atoms with Crippen LogP contribution >= 0.6 is 0 Å². The molecule has 1 N–H and O–H groups in total. The highest BCUT2D eigenvalue weighted by atomic mass is 16.7. The van der Waals surface area contributed by atoms with Gasteiger partial charge in [-0.3, -0.25) is 4.79 Å². The number of benzene rings is 1. The van der Waals surface area contributed by atoms with Crippen molar-refractivity contribution in [1.82, 2.24) is 5.32 Å². The van der Waals surface area contributed by atoms with Gasteiger partial charge in [-0.05, 0) is 37.3 Å². The third-order valence-corrected chi connectivity index (χ3v) is 4.08. The molecule has 1 aliphatic rings. The van der Waals surface area contributed by atoms with Crippen LogP contribution in [0.25, 0.3) is 0 Å². The summed E-state index contributed by atoms with van der Waals surface area (Å²) < 4.78 is 11.2. The maximum Gasteiger partial charge on any atom is 0.220 e. The van der Waals surface area contributed by atoms with Crippen molar-refractivity contribution in [2.24, 2.45) is 0 Å². The number of hydrogen-bond acceptors (Lipinski definition) is 3. The van der Waals surface area contributed by atoms with E-state index in [4.69, 9.17) is 9.47 Å². The predicted molar refractivity (Wildman–Crippen MR) is 86.7 cm³/mol. The van der Waals surface area contributed by atoms with Crippen LogP contribution in [0, 0.1) is 0 Å². The Morgan fingerprint density at radius 2 is 1.82 bits per heavy atom. The highest BCUT2D eigenvalue weighted by Gasteiger charge is 2.28. The fourth-order valence-corrected chi connectivity index (χ4v) is 2.54. The van der Waals surface area contributed by atoms with Crippen LogP contribution in [-0.2, 0) is 27.1 Å².